The molecule has 0 aromatic heterocycles. The van der Waals surface area contributed by atoms with Crippen molar-refractivity contribution in [2.75, 3.05) is 0 Å². The summed E-state index contributed by atoms with van der Waals surface area (Å²) in [4.78, 5) is 0. The van der Waals surface area contributed by atoms with Crippen LogP contribution < -0.4 is 0 Å². The summed E-state index contributed by atoms with van der Waals surface area (Å²) in [6.07, 6.45) is 0. The Balaban J connectivity index is 0. The lowest BCUT2D eigenvalue weighted by Gasteiger charge is -2.04. The normalized spacial score (nSPS) is 9.00. The first-order valence-corrected chi connectivity index (χ1v) is 26.9. The quantitative estimate of drug-likeness (QED) is 0.156. The second-order valence-corrected chi connectivity index (χ2v) is 19.1. The Morgan fingerprint density at radius 1 is 0.116 bits per heavy atom. The van der Waals surface area contributed by atoms with Gasteiger partial charge in [-0.2, -0.15) is 0 Å². The first kappa shape index (κ1) is 78.7. The van der Waals surface area contributed by atoms with Gasteiger partial charge in [0.05, 0.1) is 0 Å². The van der Waals surface area contributed by atoms with E-state index in [-0.39, 0.29) is 59.4 Å². The molecule has 0 nitrogen and oxygen atoms in total. The van der Waals surface area contributed by atoms with Gasteiger partial charge in [-0.3, -0.25) is 0 Å². The van der Waals surface area contributed by atoms with Crippen LogP contribution >= 0.6 is 0 Å². The van der Waals surface area contributed by atoms with Gasteiger partial charge in [-0.1, -0.05) is 387 Å². The third-order valence-electron chi connectivity index (χ3n) is 13.4. The van der Waals surface area contributed by atoms with Crippen LogP contribution in [0.4, 0.5) is 0 Å². The third-order valence-corrected chi connectivity index (χ3v) is 13.4. The minimum absolute atomic E-state index is 0. The molecule has 0 bridgehead atoms. The van der Waals surface area contributed by atoms with E-state index >= 15 is 0 Å². The molecule has 0 aliphatic carbocycles. The molecule has 0 N–H and O–H groups in total. The molecule has 0 saturated heterocycles. The molecule has 0 radical (unpaired) electrons. The van der Waals surface area contributed by atoms with Gasteiger partial charge < -0.3 is 0 Å². The molecule has 0 fully saturated rings. The summed E-state index contributed by atoms with van der Waals surface area (Å²) >= 11 is 0. The van der Waals surface area contributed by atoms with E-state index in [2.05, 4.69) is 333 Å². The second kappa shape index (κ2) is 43.3. The Hall–Kier alpha value is -9.36. The minimum Gasteiger partial charge on any atom is -0.0776 e. The number of hydrogen-bond acceptors (Lipinski definition) is 0. The monoisotopic (exact) mass is 1140 g/mol. The molecule has 0 aliphatic heterocycles. The van der Waals surface area contributed by atoms with E-state index in [0.29, 0.717) is 0 Å². The predicted molar refractivity (Wildman–Crippen MR) is 394 cm³/mol. The van der Waals surface area contributed by atoms with Gasteiger partial charge >= 0.3 is 0 Å². The molecule has 12 rings (SSSR count). The number of hydrogen-bond donors (Lipinski definition) is 0. The van der Waals surface area contributed by atoms with Gasteiger partial charge in [-0.15, -0.1) is 0 Å². The third kappa shape index (κ3) is 24.5. The second-order valence-electron chi connectivity index (χ2n) is 19.1. The summed E-state index contributed by atoms with van der Waals surface area (Å²) in [5.41, 5.74) is 23.7. The lowest BCUT2D eigenvalue weighted by molar-refractivity contribution is 1.46. The number of aryl methyl sites for hydroxylation is 6. The highest BCUT2D eigenvalue weighted by molar-refractivity contribution is 5.71. The average molecular weight is 1140 g/mol. The van der Waals surface area contributed by atoms with Crippen molar-refractivity contribution in [3.05, 3.63) is 361 Å². The van der Waals surface area contributed by atoms with Gasteiger partial charge in [0.1, 0.15) is 0 Å². The highest BCUT2D eigenvalue weighted by Gasteiger charge is 2.03. The van der Waals surface area contributed by atoms with Crippen LogP contribution in [0.5, 0.6) is 0 Å². The summed E-state index contributed by atoms with van der Waals surface area (Å²) in [5.74, 6) is 0. The van der Waals surface area contributed by atoms with Crippen molar-refractivity contribution >= 4 is 0 Å². The predicted octanol–water partition coefficient (Wildman–Crippen LogP) is 27.1. The molecule has 0 unspecified atom stereocenters. The molecule has 448 valence electrons. The fourth-order valence-corrected chi connectivity index (χ4v) is 9.09. The molecular weight excluding hydrogens is 1030 g/mol. The number of rotatable bonds is 6. The van der Waals surface area contributed by atoms with Gasteiger partial charge in [0.15, 0.2) is 0 Å². The zero-order chi connectivity index (χ0) is 54.6. The molecule has 0 amide bonds. The fraction of sp³-hybridized carbons (Fsp3) is 0.163. The Labute approximate surface area is 525 Å². The van der Waals surface area contributed by atoms with Crippen molar-refractivity contribution in [2.45, 2.75) is 101 Å². The van der Waals surface area contributed by atoms with Crippen LogP contribution in [0.15, 0.2) is 328 Å². The Bertz CT molecular complexity index is 2950. The first-order valence-electron chi connectivity index (χ1n) is 26.9. The maximum absolute atomic E-state index is 2.16. The van der Waals surface area contributed by atoms with E-state index in [0.717, 1.165) is 0 Å². The van der Waals surface area contributed by atoms with Gasteiger partial charge in [0.2, 0.25) is 0 Å². The van der Waals surface area contributed by atoms with Crippen LogP contribution in [0.3, 0.4) is 0 Å². The van der Waals surface area contributed by atoms with E-state index in [1.165, 1.54) is 100 Å². The van der Waals surface area contributed by atoms with Gasteiger partial charge in [-0.25, -0.2) is 0 Å². The van der Waals surface area contributed by atoms with Crippen molar-refractivity contribution in [2.24, 2.45) is 0 Å². The molecule has 0 spiro atoms. The maximum Gasteiger partial charge on any atom is -0.0155 e. The topological polar surface area (TPSA) is 0 Å². The molecular formula is C86H104. The molecule has 0 atom stereocenters. The Morgan fingerprint density at radius 3 is 0.314 bits per heavy atom. The van der Waals surface area contributed by atoms with Crippen LogP contribution in [-0.2, 0) is 0 Å². The van der Waals surface area contributed by atoms with E-state index in [1.54, 1.807) is 0 Å². The zero-order valence-electron chi connectivity index (χ0n) is 46.2. The largest absolute Gasteiger partial charge is 0.0776 e. The molecule has 0 heterocycles. The lowest BCUT2D eigenvalue weighted by atomic mass is 10.0. The summed E-state index contributed by atoms with van der Waals surface area (Å²) < 4.78 is 0. The van der Waals surface area contributed by atoms with Gasteiger partial charge in [-0.05, 0) is 142 Å². The number of benzene rings is 12. The summed E-state index contributed by atoms with van der Waals surface area (Å²) in [6.45, 7) is 12.8. The Kier molecular flexibility index (Phi) is 39.6. The molecule has 0 heteroatoms. The highest BCUT2D eigenvalue weighted by Crippen LogP contribution is 2.27. The minimum atomic E-state index is 0. The smallest absolute Gasteiger partial charge is 0.0155 e. The van der Waals surface area contributed by atoms with Crippen molar-refractivity contribution in [3.63, 3.8) is 0 Å². The molecule has 12 aromatic rings. The van der Waals surface area contributed by atoms with E-state index in [4.69, 9.17) is 0 Å². The molecule has 12 aromatic carbocycles. The highest BCUT2D eigenvalue weighted by atomic mass is 14.1. The summed E-state index contributed by atoms with van der Waals surface area (Å²) in [7, 11) is 0. The maximum atomic E-state index is 2.16. The van der Waals surface area contributed by atoms with Crippen molar-refractivity contribution < 1.29 is 0 Å². The van der Waals surface area contributed by atoms with Crippen LogP contribution in [-0.4, -0.2) is 0 Å². The molecule has 86 heavy (non-hydrogen) atoms. The van der Waals surface area contributed by atoms with E-state index in [1.807, 2.05) is 36.4 Å². The van der Waals surface area contributed by atoms with Gasteiger partial charge in [0.25, 0.3) is 0 Å². The standard InChI is InChI=1S/6C13H12.8CH4/c6*1-11-7-5-6-10-13(11)12-8-3-2-4-9-12;;;;;;;;/h6*2-10H,1H3;8*1H4. The Morgan fingerprint density at radius 2 is 0.209 bits per heavy atom. The van der Waals surface area contributed by atoms with Crippen molar-refractivity contribution in [1.29, 1.82) is 0 Å². The summed E-state index contributed by atoms with van der Waals surface area (Å²) in [5, 5.41) is 0. The average Bonchev–Trinajstić information content (AvgIpc) is 3.71. The van der Waals surface area contributed by atoms with Crippen LogP contribution in [0.2, 0.25) is 0 Å². The zero-order valence-corrected chi connectivity index (χ0v) is 46.2. The van der Waals surface area contributed by atoms with Gasteiger partial charge in [0, 0.05) is 0 Å². The molecule has 0 saturated carbocycles. The SMILES string of the molecule is C.C.C.C.C.C.C.C.Cc1ccccc1-c1ccccc1.Cc1ccccc1-c1ccccc1.Cc1ccccc1-c1ccccc1.Cc1ccccc1-c1ccccc1.Cc1ccccc1-c1ccccc1.Cc1ccccc1-c1ccccc1. The molecule has 0 aliphatic rings. The van der Waals surface area contributed by atoms with E-state index in [9.17, 15) is 0 Å². The van der Waals surface area contributed by atoms with E-state index < -0.39 is 0 Å². The van der Waals surface area contributed by atoms with Crippen LogP contribution in [0, 0.1) is 41.5 Å². The van der Waals surface area contributed by atoms with Crippen LogP contribution in [0.25, 0.3) is 66.8 Å². The van der Waals surface area contributed by atoms with Crippen LogP contribution in [0.1, 0.15) is 92.8 Å². The first-order chi connectivity index (χ1) is 38.3. The summed E-state index contributed by atoms with van der Waals surface area (Å²) in [6, 6.07) is 114. The lowest BCUT2D eigenvalue weighted by Crippen LogP contribution is -1.80. The fourth-order valence-electron chi connectivity index (χ4n) is 9.09. The van der Waals surface area contributed by atoms with Crippen molar-refractivity contribution in [3.8, 4) is 66.8 Å². The van der Waals surface area contributed by atoms with Crippen molar-refractivity contribution in [1.82, 2.24) is 0 Å².